The van der Waals surface area contributed by atoms with Gasteiger partial charge in [0.2, 0.25) is 0 Å². The van der Waals surface area contributed by atoms with Crippen molar-refractivity contribution >= 4 is 11.9 Å². The van der Waals surface area contributed by atoms with E-state index in [2.05, 4.69) is 95.6 Å². The number of esters is 2. The van der Waals surface area contributed by atoms with Crippen LogP contribution < -0.4 is 0 Å². The van der Waals surface area contributed by atoms with Crippen molar-refractivity contribution in [2.75, 3.05) is 32.8 Å². The number of carbonyl (C=O) groups is 2. The number of rotatable bonds is 30. The number of nitrogens with zero attached hydrogens (tertiary/aromatic N) is 1. The fourth-order valence-electron chi connectivity index (χ4n) is 10.7. The van der Waals surface area contributed by atoms with Crippen LogP contribution in [0, 0.1) is 40.4 Å². The number of hydrogen-bond donors (Lipinski definition) is 1. The predicted molar refractivity (Wildman–Crippen MR) is 255 cm³/mol. The Balaban J connectivity index is 1.10. The molecule has 0 heterocycles. The Labute approximate surface area is 373 Å². The van der Waals surface area contributed by atoms with E-state index in [1.54, 1.807) is 5.57 Å². The molecule has 0 aliphatic heterocycles. The molecule has 7 atom stereocenters. The molecule has 61 heavy (non-hydrogen) atoms. The summed E-state index contributed by atoms with van der Waals surface area (Å²) in [7, 11) is 0. The molecule has 2 saturated carbocycles. The third-order valence-corrected chi connectivity index (χ3v) is 15.3. The van der Waals surface area contributed by atoms with Gasteiger partial charge in [-0.05, 0) is 131 Å². The molecule has 344 valence electrons. The van der Waals surface area contributed by atoms with Crippen molar-refractivity contribution in [3.63, 3.8) is 0 Å². The lowest BCUT2D eigenvalue weighted by Gasteiger charge is -2.55. The third-order valence-electron chi connectivity index (χ3n) is 15.3. The van der Waals surface area contributed by atoms with Crippen molar-refractivity contribution in [2.45, 2.75) is 189 Å². The van der Waals surface area contributed by atoms with Crippen molar-refractivity contribution in [3.8, 4) is 0 Å². The van der Waals surface area contributed by atoms with Crippen LogP contribution in [0.25, 0.3) is 0 Å². The minimum absolute atomic E-state index is 0.00632. The average molecular weight is 844 g/mol. The second-order valence-electron chi connectivity index (χ2n) is 20.2. The van der Waals surface area contributed by atoms with Crippen molar-refractivity contribution in [2.24, 2.45) is 40.4 Å². The highest BCUT2D eigenvalue weighted by Gasteiger charge is 2.55. The molecular weight excluding hydrogens is 755 g/mol. The molecule has 4 aliphatic carbocycles. The zero-order chi connectivity index (χ0) is 44.1. The van der Waals surface area contributed by atoms with E-state index in [0.29, 0.717) is 49.0 Å². The fraction of sp³-hybridized carbons (Fsp3) is 0.745. The van der Waals surface area contributed by atoms with Gasteiger partial charge in [0, 0.05) is 37.7 Å². The number of aliphatic hydroxyl groups is 1. The van der Waals surface area contributed by atoms with Crippen molar-refractivity contribution in [1.29, 1.82) is 0 Å². The summed E-state index contributed by atoms with van der Waals surface area (Å²) in [6, 6.07) is 0. The van der Waals surface area contributed by atoms with E-state index < -0.39 is 0 Å². The molecule has 2 fully saturated rings. The van der Waals surface area contributed by atoms with Gasteiger partial charge < -0.3 is 19.5 Å². The molecule has 6 nitrogen and oxygen atoms in total. The summed E-state index contributed by atoms with van der Waals surface area (Å²) in [6.07, 6.45) is 41.2. The zero-order valence-electron chi connectivity index (χ0n) is 39.9. The zero-order valence-corrected chi connectivity index (χ0v) is 39.9. The summed E-state index contributed by atoms with van der Waals surface area (Å²) < 4.78 is 11.5. The topological polar surface area (TPSA) is 76.1 Å². The lowest BCUT2D eigenvalue weighted by atomic mass is 9.50. The Bertz CT molecular complexity index is 1500. The minimum atomic E-state index is -0.0882. The van der Waals surface area contributed by atoms with Crippen LogP contribution in [-0.2, 0) is 19.1 Å². The number of ether oxygens (including phenoxy) is 2. The van der Waals surface area contributed by atoms with Gasteiger partial charge in [0.25, 0.3) is 0 Å². The summed E-state index contributed by atoms with van der Waals surface area (Å²) in [5, 5.41) is 9.33. The Kier molecular flexibility index (Phi) is 22.4. The van der Waals surface area contributed by atoms with Crippen LogP contribution in [0.15, 0.2) is 71.9 Å². The Morgan fingerprint density at radius 3 is 2.20 bits per heavy atom. The highest BCUT2D eigenvalue weighted by molar-refractivity contribution is 5.69. The summed E-state index contributed by atoms with van der Waals surface area (Å²) in [5.74, 6) is 2.48. The molecule has 7 unspecified atom stereocenters. The van der Waals surface area contributed by atoms with Crippen molar-refractivity contribution in [1.82, 2.24) is 4.90 Å². The van der Waals surface area contributed by atoms with E-state index in [0.717, 1.165) is 110 Å². The van der Waals surface area contributed by atoms with E-state index in [1.165, 1.54) is 49.7 Å². The molecule has 0 amide bonds. The first-order chi connectivity index (χ1) is 29.4. The molecule has 0 aromatic carbocycles. The maximum atomic E-state index is 13.0. The number of hydrogen-bond acceptors (Lipinski definition) is 6. The van der Waals surface area contributed by atoms with Crippen LogP contribution in [0.5, 0.6) is 0 Å². The molecule has 0 bridgehead atoms. The van der Waals surface area contributed by atoms with Crippen LogP contribution in [0.2, 0.25) is 0 Å². The van der Waals surface area contributed by atoms with E-state index in [9.17, 15) is 14.7 Å². The SMILES string of the molecule is C=C(/C=C/C(C)C(C)C)C1C=CC2C3=CC=C4CC(OC(=O)CCCCCCN(CCCCO)CCCCCCC(=O)OC/C=C/CCCCCC)CCC4(C)C3CCC12C. The standard InChI is InChI=1S/C55H89NO5/c1-8-9-10-11-12-17-24-41-60-52(58)25-18-13-15-20-37-56(39-22-23-40-57)38-21-16-14-19-26-53(59)61-47-33-35-54(6)46(42-47)29-30-48-50-32-31-49(55(50,7)36-34-51(48)54)45(5)28-27-44(4)43(2)3/h17,24,27-32,43-44,47,49-51,57H,5,8-16,18-23,25-26,33-42H2,1-4,6-7H3/b24-17+,28-27+. The molecule has 4 rings (SSSR count). The number of carbonyl (C=O) groups excluding carboxylic acids is 2. The number of aliphatic hydroxyl groups excluding tert-OH is 1. The second kappa shape index (κ2) is 26.8. The van der Waals surface area contributed by atoms with Crippen LogP contribution in [-0.4, -0.2) is 60.9 Å². The van der Waals surface area contributed by atoms with Crippen LogP contribution >= 0.6 is 0 Å². The van der Waals surface area contributed by atoms with Crippen LogP contribution in [0.4, 0.5) is 0 Å². The molecule has 0 aromatic rings. The van der Waals surface area contributed by atoms with Gasteiger partial charge in [-0.2, -0.15) is 0 Å². The van der Waals surface area contributed by atoms with Gasteiger partial charge in [-0.3, -0.25) is 9.59 Å². The Morgan fingerprint density at radius 2 is 1.51 bits per heavy atom. The number of unbranched alkanes of at least 4 members (excludes halogenated alkanes) is 11. The van der Waals surface area contributed by atoms with Crippen LogP contribution in [0.3, 0.4) is 0 Å². The van der Waals surface area contributed by atoms with Gasteiger partial charge in [0.1, 0.15) is 12.7 Å². The molecule has 0 saturated heterocycles. The van der Waals surface area contributed by atoms with Crippen LogP contribution in [0.1, 0.15) is 183 Å². The molecule has 0 aromatic heterocycles. The monoisotopic (exact) mass is 844 g/mol. The number of fused-ring (bicyclic) bond motifs is 5. The molecular formula is C55H89NO5. The first-order valence-corrected chi connectivity index (χ1v) is 25.2. The summed E-state index contributed by atoms with van der Waals surface area (Å²) in [4.78, 5) is 27.7. The highest BCUT2D eigenvalue weighted by Crippen LogP contribution is 2.64. The van der Waals surface area contributed by atoms with Gasteiger partial charge in [0.15, 0.2) is 0 Å². The minimum Gasteiger partial charge on any atom is -0.462 e. The quantitative estimate of drug-likeness (QED) is 0.0336. The lowest BCUT2D eigenvalue weighted by molar-refractivity contribution is -0.151. The van der Waals surface area contributed by atoms with E-state index >= 15 is 0 Å². The normalized spacial score (nSPS) is 26.3. The van der Waals surface area contributed by atoms with Gasteiger partial charge >= 0.3 is 11.9 Å². The molecule has 1 N–H and O–H groups in total. The average Bonchev–Trinajstić information content (AvgIpc) is 3.60. The van der Waals surface area contributed by atoms with E-state index in [4.69, 9.17) is 9.47 Å². The van der Waals surface area contributed by atoms with E-state index in [-0.39, 0.29) is 35.5 Å². The fourth-order valence-corrected chi connectivity index (χ4v) is 10.7. The maximum Gasteiger partial charge on any atom is 0.306 e. The Hall–Kier alpha value is -2.70. The first-order valence-electron chi connectivity index (χ1n) is 25.2. The van der Waals surface area contributed by atoms with E-state index in [1.807, 2.05) is 6.08 Å². The summed E-state index contributed by atoms with van der Waals surface area (Å²) >= 11 is 0. The third kappa shape index (κ3) is 15.8. The summed E-state index contributed by atoms with van der Waals surface area (Å²) in [5.41, 5.74) is 4.69. The van der Waals surface area contributed by atoms with Gasteiger partial charge in [0.05, 0.1) is 0 Å². The number of allylic oxidation sites excluding steroid dienone is 9. The van der Waals surface area contributed by atoms with Crippen molar-refractivity contribution in [3.05, 3.63) is 71.9 Å². The lowest BCUT2D eigenvalue weighted by Crippen LogP contribution is -2.46. The summed E-state index contributed by atoms with van der Waals surface area (Å²) in [6.45, 7) is 22.4. The predicted octanol–water partition coefficient (Wildman–Crippen LogP) is 13.6. The largest absolute Gasteiger partial charge is 0.462 e. The highest BCUT2D eigenvalue weighted by atomic mass is 16.5. The molecule has 4 aliphatic rings. The Morgan fingerprint density at radius 1 is 0.836 bits per heavy atom. The molecule has 0 radical (unpaired) electrons. The molecule has 6 heteroatoms. The first kappa shape index (κ1) is 50.9. The smallest absolute Gasteiger partial charge is 0.306 e. The van der Waals surface area contributed by atoms with Crippen molar-refractivity contribution < 1.29 is 24.2 Å². The van der Waals surface area contributed by atoms with Gasteiger partial charge in [-0.1, -0.05) is 153 Å². The maximum absolute atomic E-state index is 13.0. The molecule has 0 spiro atoms. The second-order valence-corrected chi connectivity index (χ2v) is 20.2. The van der Waals surface area contributed by atoms with Gasteiger partial charge in [-0.25, -0.2) is 0 Å². The van der Waals surface area contributed by atoms with Gasteiger partial charge in [-0.15, -0.1) is 0 Å².